The highest BCUT2D eigenvalue weighted by molar-refractivity contribution is 6.30. The summed E-state index contributed by atoms with van der Waals surface area (Å²) in [6.45, 7) is 2.56. The van der Waals surface area contributed by atoms with E-state index in [0.29, 0.717) is 17.3 Å². The molecule has 1 aliphatic heterocycles. The molecule has 1 fully saturated rings. The van der Waals surface area contributed by atoms with Gasteiger partial charge in [0, 0.05) is 22.8 Å². The van der Waals surface area contributed by atoms with Crippen LogP contribution in [0.15, 0.2) is 48.5 Å². The number of benzene rings is 2. The number of hydrogen-bond acceptors (Lipinski definition) is 3. The minimum Gasteiger partial charge on any atom is -0.496 e. The Morgan fingerprint density at radius 3 is 2.69 bits per heavy atom. The molecule has 0 saturated carbocycles. The van der Waals surface area contributed by atoms with Gasteiger partial charge in [-0.2, -0.15) is 0 Å². The first-order valence-electron chi connectivity index (χ1n) is 8.85. The Bertz CT molecular complexity index is 747. The van der Waals surface area contributed by atoms with Crippen LogP contribution in [0, 0.1) is 0 Å². The number of rotatable bonds is 6. The Hall–Kier alpha value is -2.24. The SMILES string of the molecule is COc1ccccc1[C@H](CNC(=O)Nc1cccc(Cl)c1)N1CCCC1. The molecule has 5 nitrogen and oxygen atoms in total. The second-order valence-electron chi connectivity index (χ2n) is 6.35. The number of carbonyl (C=O) groups is 1. The van der Waals surface area contributed by atoms with E-state index in [1.807, 2.05) is 24.3 Å². The van der Waals surface area contributed by atoms with Gasteiger partial charge in [0.1, 0.15) is 5.75 Å². The van der Waals surface area contributed by atoms with Gasteiger partial charge in [-0.15, -0.1) is 0 Å². The number of likely N-dealkylation sites (tertiary alicyclic amines) is 1. The number of halogens is 1. The molecule has 6 heteroatoms. The van der Waals surface area contributed by atoms with Crippen molar-refractivity contribution in [1.29, 1.82) is 0 Å². The Morgan fingerprint density at radius 1 is 1.19 bits per heavy atom. The molecule has 2 amide bonds. The van der Waals surface area contributed by atoms with Crippen LogP contribution in [0.3, 0.4) is 0 Å². The fourth-order valence-corrected chi connectivity index (χ4v) is 3.55. The molecule has 2 N–H and O–H groups in total. The molecule has 1 atom stereocenters. The highest BCUT2D eigenvalue weighted by Crippen LogP contribution is 2.31. The molecular weight excluding hydrogens is 350 g/mol. The Balaban J connectivity index is 1.69. The van der Waals surface area contributed by atoms with E-state index in [-0.39, 0.29) is 12.1 Å². The molecule has 0 spiro atoms. The quantitative estimate of drug-likeness (QED) is 0.793. The van der Waals surface area contributed by atoms with Crippen LogP contribution in [0.2, 0.25) is 5.02 Å². The van der Waals surface area contributed by atoms with E-state index in [2.05, 4.69) is 21.6 Å². The molecule has 3 rings (SSSR count). The average molecular weight is 374 g/mol. The molecule has 0 aliphatic carbocycles. The summed E-state index contributed by atoms with van der Waals surface area (Å²) in [5, 5.41) is 6.40. The van der Waals surface area contributed by atoms with Gasteiger partial charge in [-0.1, -0.05) is 35.9 Å². The lowest BCUT2D eigenvalue weighted by Gasteiger charge is -2.29. The number of para-hydroxylation sites is 1. The average Bonchev–Trinajstić information content (AvgIpc) is 3.17. The molecule has 26 heavy (non-hydrogen) atoms. The Kier molecular flexibility index (Phi) is 6.36. The second kappa shape index (κ2) is 8.92. The van der Waals surface area contributed by atoms with Crippen molar-refractivity contribution >= 4 is 23.3 Å². The highest BCUT2D eigenvalue weighted by atomic mass is 35.5. The number of nitrogens with zero attached hydrogens (tertiary/aromatic N) is 1. The molecule has 2 aromatic carbocycles. The molecule has 0 unspecified atom stereocenters. The van der Waals surface area contributed by atoms with E-state index < -0.39 is 0 Å². The summed E-state index contributed by atoms with van der Waals surface area (Å²) >= 11 is 5.96. The molecule has 1 heterocycles. The van der Waals surface area contributed by atoms with E-state index in [1.54, 1.807) is 25.3 Å². The van der Waals surface area contributed by atoms with Gasteiger partial charge in [-0.25, -0.2) is 4.79 Å². The van der Waals surface area contributed by atoms with Crippen molar-refractivity contribution in [2.75, 3.05) is 32.1 Å². The maximum atomic E-state index is 12.3. The molecule has 138 valence electrons. The molecule has 0 radical (unpaired) electrons. The van der Waals surface area contributed by atoms with Crippen LogP contribution in [0.5, 0.6) is 5.75 Å². The topological polar surface area (TPSA) is 53.6 Å². The lowest BCUT2D eigenvalue weighted by Crippen LogP contribution is -2.38. The van der Waals surface area contributed by atoms with Crippen molar-refractivity contribution in [1.82, 2.24) is 10.2 Å². The number of hydrogen-bond donors (Lipinski definition) is 2. The summed E-state index contributed by atoms with van der Waals surface area (Å²) < 4.78 is 5.53. The van der Waals surface area contributed by atoms with Gasteiger partial charge in [-0.3, -0.25) is 4.90 Å². The zero-order chi connectivity index (χ0) is 18.4. The first-order valence-corrected chi connectivity index (χ1v) is 9.22. The second-order valence-corrected chi connectivity index (χ2v) is 6.78. The van der Waals surface area contributed by atoms with Gasteiger partial charge in [0.2, 0.25) is 0 Å². The van der Waals surface area contributed by atoms with Gasteiger partial charge in [-0.05, 0) is 50.2 Å². The number of ether oxygens (including phenoxy) is 1. The zero-order valence-corrected chi connectivity index (χ0v) is 15.6. The molecule has 0 bridgehead atoms. The fourth-order valence-electron chi connectivity index (χ4n) is 3.36. The lowest BCUT2D eigenvalue weighted by atomic mass is 10.0. The van der Waals surface area contributed by atoms with Gasteiger partial charge in [0.05, 0.1) is 13.2 Å². The highest BCUT2D eigenvalue weighted by Gasteiger charge is 2.26. The number of anilines is 1. The predicted molar refractivity (Wildman–Crippen MR) is 105 cm³/mol. The molecule has 1 saturated heterocycles. The molecule has 2 aromatic rings. The van der Waals surface area contributed by atoms with Crippen LogP contribution in [-0.2, 0) is 0 Å². The molecule has 1 aliphatic rings. The van der Waals surface area contributed by atoms with Gasteiger partial charge < -0.3 is 15.4 Å². The van der Waals surface area contributed by atoms with E-state index in [9.17, 15) is 4.79 Å². The minimum atomic E-state index is -0.244. The van der Waals surface area contributed by atoms with Crippen molar-refractivity contribution in [2.45, 2.75) is 18.9 Å². The first-order chi connectivity index (χ1) is 12.7. The normalized spacial score (nSPS) is 15.5. The van der Waals surface area contributed by atoms with Crippen LogP contribution in [-0.4, -0.2) is 37.7 Å². The van der Waals surface area contributed by atoms with E-state index >= 15 is 0 Å². The van der Waals surface area contributed by atoms with Crippen molar-refractivity contribution < 1.29 is 9.53 Å². The van der Waals surface area contributed by atoms with E-state index in [4.69, 9.17) is 16.3 Å². The van der Waals surface area contributed by atoms with Gasteiger partial charge in [0.15, 0.2) is 0 Å². The maximum absolute atomic E-state index is 12.3. The zero-order valence-electron chi connectivity index (χ0n) is 14.9. The van der Waals surface area contributed by atoms with Crippen LogP contribution in [0.25, 0.3) is 0 Å². The third kappa shape index (κ3) is 4.68. The number of methoxy groups -OCH3 is 1. The lowest BCUT2D eigenvalue weighted by molar-refractivity contribution is 0.224. The monoisotopic (exact) mass is 373 g/mol. The van der Waals surface area contributed by atoms with Gasteiger partial charge in [0.25, 0.3) is 0 Å². The van der Waals surface area contributed by atoms with E-state index in [0.717, 1.165) is 24.4 Å². The fraction of sp³-hybridized carbons (Fsp3) is 0.350. The van der Waals surface area contributed by atoms with Crippen molar-refractivity contribution in [3.63, 3.8) is 0 Å². The van der Waals surface area contributed by atoms with Crippen LogP contribution in [0.1, 0.15) is 24.4 Å². The Labute approximate surface area is 159 Å². The third-order valence-corrected chi connectivity index (χ3v) is 4.85. The van der Waals surface area contributed by atoms with Crippen LogP contribution >= 0.6 is 11.6 Å². The summed E-state index contributed by atoms with van der Waals surface area (Å²) in [6, 6.07) is 14.9. The summed E-state index contributed by atoms with van der Waals surface area (Å²) in [6.07, 6.45) is 2.36. The summed E-state index contributed by atoms with van der Waals surface area (Å²) in [4.78, 5) is 14.7. The van der Waals surface area contributed by atoms with E-state index in [1.165, 1.54) is 12.8 Å². The summed E-state index contributed by atoms with van der Waals surface area (Å²) in [5.74, 6) is 0.849. The Morgan fingerprint density at radius 2 is 1.96 bits per heavy atom. The predicted octanol–water partition coefficient (Wildman–Crippen LogP) is 4.31. The smallest absolute Gasteiger partial charge is 0.319 e. The van der Waals surface area contributed by atoms with Crippen LogP contribution < -0.4 is 15.4 Å². The maximum Gasteiger partial charge on any atom is 0.319 e. The number of carbonyl (C=O) groups excluding carboxylic acids is 1. The third-order valence-electron chi connectivity index (χ3n) is 4.62. The minimum absolute atomic E-state index is 0.0822. The molecular formula is C20H24ClN3O2. The number of amides is 2. The summed E-state index contributed by atoms with van der Waals surface area (Å²) in [5.41, 5.74) is 1.77. The summed E-state index contributed by atoms with van der Waals surface area (Å²) in [7, 11) is 1.68. The van der Waals surface area contributed by atoms with Crippen LogP contribution in [0.4, 0.5) is 10.5 Å². The first kappa shape index (κ1) is 18.5. The van der Waals surface area contributed by atoms with Gasteiger partial charge >= 0.3 is 6.03 Å². The van der Waals surface area contributed by atoms with Crippen molar-refractivity contribution in [2.24, 2.45) is 0 Å². The number of urea groups is 1. The van der Waals surface area contributed by atoms with Crippen molar-refractivity contribution in [3.8, 4) is 5.75 Å². The number of nitrogens with one attached hydrogen (secondary N) is 2. The largest absolute Gasteiger partial charge is 0.496 e. The van der Waals surface area contributed by atoms with Crippen molar-refractivity contribution in [3.05, 3.63) is 59.1 Å². The standard InChI is InChI=1S/C20H24ClN3O2/c1-26-19-10-3-2-9-17(19)18(24-11-4-5-12-24)14-22-20(25)23-16-8-6-7-15(21)13-16/h2-3,6-10,13,18H,4-5,11-12,14H2,1H3,(H2,22,23,25)/t18-/m0/s1. The molecule has 0 aromatic heterocycles.